The van der Waals surface area contributed by atoms with E-state index in [9.17, 15) is 9.50 Å². The molecule has 0 aliphatic carbocycles. The van der Waals surface area contributed by atoms with E-state index in [1.165, 1.54) is 12.1 Å². The Morgan fingerprint density at radius 1 is 1.29 bits per heavy atom. The van der Waals surface area contributed by atoms with Gasteiger partial charge < -0.3 is 20.1 Å². The molecule has 0 unspecified atom stereocenters. The summed E-state index contributed by atoms with van der Waals surface area (Å²) in [7, 11) is -0.708. The van der Waals surface area contributed by atoms with Crippen LogP contribution in [0.3, 0.4) is 0 Å². The second kappa shape index (κ2) is 5.44. The van der Waals surface area contributed by atoms with Gasteiger partial charge in [-0.15, -0.1) is 0 Å². The van der Waals surface area contributed by atoms with Crippen molar-refractivity contribution in [1.82, 2.24) is 0 Å². The first-order valence-corrected chi connectivity index (χ1v) is 6.89. The van der Waals surface area contributed by atoms with Crippen molar-refractivity contribution in [3.63, 3.8) is 0 Å². The van der Waals surface area contributed by atoms with Crippen LogP contribution in [0.1, 0.15) is 33.3 Å². The number of aliphatic hydroxyl groups excluding tert-OH is 1. The second-order valence-electron chi connectivity index (χ2n) is 6.22. The van der Waals surface area contributed by atoms with Crippen LogP contribution in [0.15, 0.2) is 23.7 Å². The van der Waals surface area contributed by atoms with Crippen LogP contribution in [0.4, 0.5) is 10.1 Å². The summed E-state index contributed by atoms with van der Waals surface area (Å²) >= 11 is 0. The normalized spacial score (nSPS) is 20.9. The molecule has 0 saturated carbocycles. The molecule has 3 N–H and O–H groups in total. The molecule has 1 saturated heterocycles. The number of anilines is 1. The number of halogens is 1. The summed E-state index contributed by atoms with van der Waals surface area (Å²) in [5.41, 5.74) is 5.34. The molecule has 1 aliphatic rings. The van der Waals surface area contributed by atoms with E-state index >= 15 is 0 Å². The molecule has 0 radical (unpaired) electrons. The van der Waals surface area contributed by atoms with Crippen LogP contribution in [0.2, 0.25) is 0 Å². The minimum atomic E-state index is -0.708. The molecular weight excluding hydrogens is 272 g/mol. The van der Waals surface area contributed by atoms with Crippen molar-refractivity contribution in [2.45, 2.75) is 38.9 Å². The van der Waals surface area contributed by atoms with Gasteiger partial charge in [-0.25, -0.2) is 4.39 Å². The van der Waals surface area contributed by atoms with Gasteiger partial charge in [-0.05, 0) is 39.2 Å². The lowest BCUT2D eigenvalue weighted by Gasteiger charge is -2.32. The average molecular weight is 293 g/mol. The van der Waals surface area contributed by atoms with E-state index < -0.39 is 24.1 Å². The van der Waals surface area contributed by atoms with Crippen LogP contribution < -0.4 is 5.73 Å². The molecule has 1 aromatic rings. The number of benzene rings is 1. The van der Waals surface area contributed by atoms with Crippen molar-refractivity contribution in [3.8, 4) is 0 Å². The van der Waals surface area contributed by atoms with Crippen molar-refractivity contribution < 1.29 is 18.8 Å². The molecule has 1 aliphatic heterocycles. The Hall–Kier alpha value is -1.37. The third-order valence-electron chi connectivity index (χ3n) is 4.14. The highest BCUT2D eigenvalue weighted by Crippen LogP contribution is 2.38. The third kappa shape index (κ3) is 2.97. The fourth-order valence-corrected chi connectivity index (χ4v) is 2.06. The van der Waals surface area contributed by atoms with Gasteiger partial charge in [0.1, 0.15) is 0 Å². The Morgan fingerprint density at radius 2 is 1.86 bits per heavy atom. The molecular formula is C15H21BFNO3. The molecule has 0 aromatic heterocycles. The number of rotatable bonds is 3. The van der Waals surface area contributed by atoms with Gasteiger partial charge in [-0.2, -0.15) is 0 Å². The molecule has 6 heteroatoms. The van der Waals surface area contributed by atoms with Crippen molar-refractivity contribution >= 4 is 18.9 Å². The van der Waals surface area contributed by atoms with E-state index in [4.69, 9.17) is 15.0 Å². The maximum atomic E-state index is 14.0. The van der Waals surface area contributed by atoms with Crippen molar-refractivity contribution in [3.05, 3.63) is 35.1 Å². The minimum Gasteiger partial charge on any atom is -0.400 e. The Kier molecular flexibility index (Phi) is 4.15. The predicted octanol–water partition coefficient (Wildman–Crippen LogP) is 2.42. The average Bonchev–Trinajstić information content (AvgIpc) is 2.60. The highest BCUT2D eigenvalue weighted by atomic mass is 19.1. The number of nitrogen functional groups attached to an aromatic ring is 1. The molecule has 0 atom stereocenters. The molecule has 1 aromatic carbocycles. The van der Waals surface area contributed by atoms with E-state index in [1.54, 1.807) is 12.1 Å². The van der Waals surface area contributed by atoms with Gasteiger partial charge in [-0.3, -0.25) is 0 Å². The van der Waals surface area contributed by atoms with Crippen molar-refractivity contribution in [2.24, 2.45) is 0 Å². The van der Waals surface area contributed by atoms with Crippen LogP contribution in [0.5, 0.6) is 0 Å². The van der Waals surface area contributed by atoms with Crippen molar-refractivity contribution in [2.75, 3.05) is 12.3 Å². The van der Waals surface area contributed by atoms with Crippen LogP contribution >= 0.6 is 0 Å². The first-order valence-electron chi connectivity index (χ1n) is 6.89. The molecule has 2 rings (SSSR count). The summed E-state index contributed by atoms with van der Waals surface area (Å²) in [6.45, 7) is 7.39. The quantitative estimate of drug-likeness (QED) is 0.663. The Morgan fingerprint density at radius 3 is 2.38 bits per heavy atom. The fraction of sp³-hybridized carbons (Fsp3) is 0.467. The lowest BCUT2D eigenvalue weighted by atomic mass is 9.77. The summed E-state index contributed by atoms with van der Waals surface area (Å²) in [6.07, 6.45) is 1.52. The maximum Gasteiger partial charge on any atom is 0.492 e. The minimum absolute atomic E-state index is 0.0648. The standard InChI is InChI=1S/C15H21BFNO3/c1-14(2)15(3,4)21-16(20-14)11(9-19)8-10-6-5-7-12(18)13(10)17/h5-8,19H,9,18H2,1-4H3. The topological polar surface area (TPSA) is 64.7 Å². The van der Waals surface area contributed by atoms with Gasteiger partial charge in [-0.1, -0.05) is 18.2 Å². The lowest BCUT2D eigenvalue weighted by molar-refractivity contribution is 0.00578. The molecule has 1 heterocycles. The van der Waals surface area contributed by atoms with Gasteiger partial charge >= 0.3 is 7.12 Å². The Labute approximate surface area is 124 Å². The molecule has 114 valence electrons. The molecule has 21 heavy (non-hydrogen) atoms. The molecule has 0 bridgehead atoms. The first kappa shape index (κ1) is 16.0. The van der Waals surface area contributed by atoms with E-state index in [0.717, 1.165) is 0 Å². The first-order chi connectivity index (χ1) is 9.68. The molecule has 1 fully saturated rings. The Balaban J connectivity index is 2.33. The molecule has 0 spiro atoms. The zero-order valence-electron chi connectivity index (χ0n) is 12.8. The van der Waals surface area contributed by atoms with E-state index in [0.29, 0.717) is 11.0 Å². The van der Waals surface area contributed by atoms with Gasteiger partial charge in [0.2, 0.25) is 0 Å². The summed E-state index contributed by atoms with van der Waals surface area (Å²) in [5.74, 6) is -0.514. The molecule has 4 nitrogen and oxygen atoms in total. The lowest BCUT2D eigenvalue weighted by Crippen LogP contribution is -2.41. The van der Waals surface area contributed by atoms with Gasteiger partial charge in [0.25, 0.3) is 0 Å². The number of hydrogen-bond acceptors (Lipinski definition) is 4. The van der Waals surface area contributed by atoms with Crippen LogP contribution in [-0.4, -0.2) is 30.0 Å². The summed E-state index contributed by atoms with van der Waals surface area (Å²) in [4.78, 5) is 0. The summed E-state index contributed by atoms with van der Waals surface area (Å²) in [5, 5.41) is 9.57. The highest BCUT2D eigenvalue weighted by molar-refractivity contribution is 6.55. The highest BCUT2D eigenvalue weighted by Gasteiger charge is 2.52. The predicted molar refractivity (Wildman–Crippen MR) is 82.0 cm³/mol. The van der Waals surface area contributed by atoms with Gasteiger partial charge in [0, 0.05) is 5.56 Å². The summed E-state index contributed by atoms with van der Waals surface area (Å²) in [6, 6.07) is 4.73. The summed E-state index contributed by atoms with van der Waals surface area (Å²) < 4.78 is 25.7. The smallest absolute Gasteiger partial charge is 0.400 e. The van der Waals surface area contributed by atoms with E-state index in [2.05, 4.69) is 0 Å². The largest absolute Gasteiger partial charge is 0.492 e. The number of hydrogen-bond donors (Lipinski definition) is 2. The second-order valence-corrected chi connectivity index (χ2v) is 6.22. The van der Waals surface area contributed by atoms with E-state index in [-0.39, 0.29) is 12.3 Å². The third-order valence-corrected chi connectivity index (χ3v) is 4.14. The fourth-order valence-electron chi connectivity index (χ4n) is 2.06. The molecule has 0 amide bonds. The van der Waals surface area contributed by atoms with Crippen LogP contribution in [0, 0.1) is 5.82 Å². The van der Waals surface area contributed by atoms with Crippen molar-refractivity contribution in [1.29, 1.82) is 0 Å². The SMILES string of the molecule is CC1(C)OB(C(=Cc2cccc(N)c2F)CO)OC1(C)C. The zero-order chi connectivity index (χ0) is 15.8. The Bertz CT molecular complexity index is 556. The van der Waals surface area contributed by atoms with Crippen LogP contribution in [-0.2, 0) is 9.31 Å². The van der Waals surface area contributed by atoms with Gasteiger partial charge in [0.05, 0.1) is 23.5 Å². The number of aliphatic hydroxyl groups is 1. The monoisotopic (exact) mass is 293 g/mol. The van der Waals surface area contributed by atoms with Crippen LogP contribution in [0.25, 0.3) is 6.08 Å². The maximum absolute atomic E-state index is 14.0. The van der Waals surface area contributed by atoms with Gasteiger partial charge in [0.15, 0.2) is 5.82 Å². The number of nitrogens with two attached hydrogens (primary N) is 1. The zero-order valence-corrected chi connectivity index (χ0v) is 12.8. The van der Waals surface area contributed by atoms with E-state index in [1.807, 2.05) is 27.7 Å².